The average Bonchev–Trinajstić information content (AvgIpc) is 3.16. The third-order valence-electron chi connectivity index (χ3n) is 5.48. The third-order valence-corrected chi connectivity index (χ3v) is 7.36. The van der Waals surface area contributed by atoms with Gasteiger partial charge in [0.1, 0.15) is 0 Å². The molecule has 2 rings (SSSR count). The Labute approximate surface area is 176 Å². The van der Waals surface area contributed by atoms with Crippen LogP contribution in [0.4, 0.5) is 0 Å². The normalized spacial score (nSPS) is 21.0. The van der Waals surface area contributed by atoms with E-state index in [1.165, 1.54) is 25.7 Å². The van der Waals surface area contributed by atoms with Gasteiger partial charge in [0.05, 0.1) is 5.75 Å². The van der Waals surface area contributed by atoms with Crippen molar-refractivity contribution in [3.63, 3.8) is 0 Å². The molecule has 1 saturated carbocycles. The fourth-order valence-corrected chi connectivity index (χ4v) is 4.86. The van der Waals surface area contributed by atoms with Crippen LogP contribution in [0.15, 0.2) is 4.99 Å². The Balaban J connectivity index is 0.00000338. The molecule has 9 heteroatoms. The molecule has 1 heterocycles. The molecule has 0 unspecified atom stereocenters. The molecule has 1 saturated heterocycles. The van der Waals surface area contributed by atoms with Crippen LogP contribution in [-0.4, -0.2) is 81.7 Å². The van der Waals surface area contributed by atoms with Crippen molar-refractivity contribution in [2.45, 2.75) is 57.5 Å². The van der Waals surface area contributed by atoms with Crippen LogP contribution >= 0.6 is 24.0 Å². The molecule has 26 heavy (non-hydrogen) atoms. The smallest absolute Gasteiger partial charge is 0.213 e. The third kappa shape index (κ3) is 7.12. The Bertz CT molecular complexity index is 529. The SMILES string of the molecule is CCS(=O)(=O)N1CCC(NC(=NC)NCCN(C)C2CCCC2)CC1.I. The van der Waals surface area contributed by atoms with Crippen LogP contribution in [0.1, 0.15) is 45.4 Å². The molecule has 0 aromatic heterocycles. The van der Waals surface area contributed by atoms with Gasteiger partial charge in [0.15, 0.2) is 5.96 Å². The molecule has 0 aromatic rings. The second-order valence-corrected chi connectivity index (χ2v) is 9.39. The maximum Gasteiger partial charge on any atom is 0.213 e. The van der Waals surface area contributed by atoms with Crippen LogP contribution in [0.2, 0.25) is 0 Å². The number of aliphatic imine (C=N–C) groups is 1. The minimum Gasteiger partial charge on any atom is -0.355 e. The van der Waals surface area contributed by atoms with Crippen LogP contribution in [0, 0.1) is 0 Å². The summed E-state index contributed by atoms with van der Waals surface area (Å²) in [5.41, 5.74) is 0. The zero-order valence-corrected chi connectivity index (χ0v) is 19.6. The minimum atomic E-state index is -3.06. The molecule has 7 nitrogen and oxygen atoms in total. The summed E-state index contributed by atoms with van der Waals surface area (Å²) in [6.45, 7) is 4.77. The Hall–Kier alpha value is -0.130. The highest BCUT2D eigenvalue weighted by Crippen LogP contribution is 2.21. The summed E-state index contributed by atoms with van der Waals surface area (Å²) in [5, 5.41) is 6.83. The number of rotatable bonds is 7. The summed E-state index contributed by atoms with van der Waals surface area (Å²) in [6.07, 6.45) is 7.01. The molecule has 0 atom stereocenters. The zero-order valence-electron chi connectivity index (χ0n) is 16.4. The highest BCUT2D eigenvalue weighted by molar-refractivity contribution is 14.0. The summed E-state index contributed by atoms with van der Waals surface area (Å²) in [4.78, 5) is 6.75. The van der Waals surface area contributed by atoms with Crippen molar-refractivity contribution < 1.29 is 8.42 Å². The standard InChI is InChI=1S/C17H35N5O2S.HI/c1-4-25(23,24)22-12-9-15(10-13-22)20-17(18-2)19-11-14-21(3)16-7-5-6-8-16;/h15-16H,4-14H2,1-3H3,(H2,18,19,20);1H. The number of nitrogens with one attached hydrogen (secondary N) is 2. The molecule has 0 bridgehead atoms. The number of hydrogen-bond donors (Lipinski definition) is 2. The topological polar surface area (TPSA) is 77.0 Å². The van der Waals surface area contributed by atoms with E-state index in [1.807, 2.05) is 0 Å². The molecule has 0 spiro atoms. The summed E-state index contributed by atoms with van der Waals surface area (Å²) >= 11 is 0. The maximum absolute atomic E-state index is 11.9. The quantitative estimate of drug-likeness (QED) is 0.314. The van der Waals surface area contributed by atoms with Gasteiger partial charge >= 0.3 is 0 Å². The Morgan fingerprint density at radius 3 is 2.35 bits per heavy atom. The molecular formula is C17H36IN5O2S. The molecule has 2 fully saturated rings. The zero-order chi connectivity index (χ0) is 18.3. The van der Waals surface area contributed by atoms with E-state index in [9.17, 15) is 8.42 Å². The van der Waals surface area contributed by atoms with E-state index in [-0.39, 0.29) is 35.8 Å². The van der Waals surface area contributed by atoms with E-state index < -0.39 is 10.0 Å². The second kappa shape index (κ2) is 11.7. The fourth-order valence-electron chi connectivity index (χ4n) is 3.73. The Kier molecular flexibility index (Phi) is 10.7. The lowest BCUT2D eigenvalue weighted by molar-refractivity contribution is 0.249. The van der Waals surface area contributed by atoms with Gasteiger partial charge in [-0.3, -0.25) is 4.99 Å². The molecule has 0 radical (unpaired) electrons. The number of halogens is 1. The molecule has 0 aromatic carbocycles. The molecule has 1 aliphatic carbocycles. The van der Waals surface area contributed by atoms with Crippen molar-refractivity contribution >= 4 is 40.0 Å². The lowest BCUT2D eigenvalue weighted by Crippen LogP contribution is -2.50. The molecule has 0 amide bonds. The van der Waals surface area contributed by atoms with Crippen LogP contribution in [0.3, 0.4) is 0 Å². The second-order valence-electron chi connectivity index (χ2n) is 7.14. The van der Waals surface area contributed by atoms with Crippen molar-refractivity contribution in [1.82, 2.24) is 19.8 Å². The number of sulfonamides is 1. The van der Waals surface area contributed by atoms with Crippen LogP contribution in [-0.2, 0) is 10.0 Å². The first-order chi connectivity index (χ1) is 12.0. The number of nitrogens with zero attached hydrogens (tertiary/aromatic N) is 3. The first-order valence-electron chi connectivity index (χ1n) is 9.61. The van der Waals surface area contributed by atoms with Crippen LogP contribution < -0.4 is 10.6 Å². The first-order valence-corrected chi connectivity index (χ1v) is 11.2. The summed E-state index contributed by atoms with van der Waals surface area (Å²) < 4.78 is 25.4. The van der Waals surface area contributed by atoms with Gasteiger partial charge in [0.2, 0.25) is 10.0 Å². The van der Waals surface area contributed by atoms with Gasteiger partial charge in [-0.25, -0.2) is 12.7 Å². The molecule has 2 N–H and O–H groups in total. The van der Waals surface area contributed by atoms with Crippen molar-refractivity contribution in [3.05, 3.63) is 0 Å². The highest BCUT2D eigenvalue weighted by atomic mass is 127. The predicted molar refractivity (Wildman–Crippen MR) is 119 cm³/mol. The molecule has 154 valence electrons. The van der Waals surface area contributed by atoms with E-state index in [0.717, 1.165) is 37.9 Å². The number of hydrogen-bond acceptors (Lipinski definition) is 4. The minimum absolute atomic E-state index is 0. The van der Waals surface area contributed by atoms with Gasteiger partial charge in [-0.05, 0) is 39.7 Å². The lowest BCUT2D eigenvalue weighted by Gasteiger charge is -2.32. The van der Waals surface area contributed by atoms with Gasteiger partial charge in [-0.2, -0.15) is 0 Å². The van der Waals surface area contributed by atoms with E-state index in [1.54, 1.807) is 18.3 Å². The van der Waals surface area contributed by atoms with Crippen molar-refractivity contribution in [3.8, 4) is 0 Å². The maximum atomic E-state index is 11.9. The highest BCUT2D eigenvalue weighted by Gasteiger charge is 2.27. The summed E-state index contributed by atoms with van der Waals surface area (Å²) in [7, 11) is 0.934. The van der Waals surface area contributed by atoms with E-state index in [4.69, 9.17) is 0 Å². The number of guanidine groups is 1. The van der Waals surface area contributed by atoms with Gasteiger partial charge < -0.3 is 15.5 Å². The molecule has 2 aliphatic rings. The predicted octanol–water partition coefficient (Wildman–Crippen LogP) is 1.46. The van der Waals surface area contributed by atoms with Gasteiger partial charge in [-0.15, -0.1) is 24.0 Å². The monoisotopic (exact) mass is 501 g/mol. The first kappa shape index (κ1) is 23.9. The summed E-state index contributed by atoms with van der Waals surface area (Å²) in [5.74, 6) is 1.000. The van der Waals surface area contributed by atoms with E-state index in [2.05, 4.69) is 27.6 Å². The average molecular weight is 501 g/mol. The fraction of sp³-hybridized carbons (Fsp3) is 0.941. The largest absolute Gasteiger partial charge is 0.355 e. The number of likely N-dealkylation sites (N-methyl/N-ethyl adjacent to an activating group) is 1. The molecule has 1 aliphatic heterocycles. The van der Waals surface area contributed by atoms with E-state index >= 15 is 0 Å². The lowest BCUT2D eigenvalue weighted by atomic mass is 10.1. The Morgan fingerprint density at radius 2 is 1.81 bits per heavy atom. The summed E-state index contributed by atoms with van der Waals surface area (Å²) in [6, 6.07) is 1.02. The van der Waals surface area contributed by atoms with Gasteiger partial charge in [0.25, 0.3) is 0 Å². The number of piperidine rings is 1. The molecular weight excluding hydrogens is 465 g/mol. The van der Waals surface area contributed by atoms with Crippen molar-refractivity contribution in [2.24, 2.45) is 4.99 Å². The van der Waals surface area contributed by atoms with Gasteiger partial charge in [0, 0.05) is 45.3 Å². The van der Waals surface area contributed by atoms with Crippen molar-refractivity contribution in [2.75, 3.05) is 46.0 Å². The van der Waals surface area contributed by atoms with E-state index in [0.29, 0.717) is 13.1 Å². The Morgan fingerprint density at radius 1 is 1.19 bits per heavy atom. The van der Waals surface area contributed by atoms with Crippen LogP contribution in [0.25, 0.3) is 0 Å². The van der Waals surface area contributed by atoms with Crippen molar-refractivity contribution in [1.29, 1.82) is 0 Å². The van der Waals surface area contributed by atoms with Crippen LogP contribution in [0.5, 0.6) is 0 Å². The van der Waals surface area contributed by atoms with Gasteiger partial charge in [-0.1, -0.05) is 12.8 Å².